The van der Waals surface area contributed by atoms with Crippen molar-refractivity contribution < 1.29 is 14.3 Å². The fourth-order valence-corrected chi connectivity index (χ4v) is 2.18. The van der Waals surface area contributed by atoms with Crippen LogP contribution in [0.15, 0.2) is 28.7 Å². The van der Waals surface area contributed by atoms with Crippen molar-refractivity contribution in [3.05, 3.63) is 34.3 Å². The normalized spacial score (nSPS) is 10.8. The SMILES string of the molecule is CC(C)(C)OC(=O)NCCNC(=O)NCCc1cccc(Br)c1. The summed E-state index contributed by atoms with van der Waals surface area (Å²) in [4.78, 5) is 23.0. The van der Waals surface area contributed by atoms with E-state index in [1.54, 1.807) is 20.8 Å². The number of alkyl carbamates (subject to hydrolysis) is 1. The van der Waals surface area contributed by atoms with Gasteiger partial charge in [0.2, 0.25) is 0 Å². The van der Waals surface area contributed by atoms with Crippen LogP contribution in [0.25, 0.3) is 0 Å². The van der Waals surface area contributed by atoms with E-state index in [-0.39, 0.29) is 6.03 Å². The lowest BCUT2D eigenvalue weighted by atomic mass is 10.1. The lowest BCUT2D eigenvalue weighted by Gasteiger charge is -2.19. The van der Waals surface area contributed by atoms with Gasteiger partial charge in [0, 0.05) is 24.1 Å². The first-order chi connectivity index (χ1) is 10.8. The zero-order valence-corrected chi connectivity index (χ0v) is 15.3. The fourth-order valence-electron chi connectivity index (χ4n) is 1.73. The first-order valence-corrected chi connectivity index (χ1v) is 8.28. The number of halogens is 1. The van der Waals surface area contributed by atoms with Crippen LogP contribution < -0.4 is 16.0 Å². The maximum atomic E-state index is 11.6. The van der Waals surface area contributed by atoms with Crippen LogP contribution in [-0.4, -0.2) is 37.4 Å². The van der Waals surface area contributed by atoms with Gasteiger partial charge in [0.25, 0.3) is 0 Å². The highest BCUT2D eigenvalue weighted by atomic mass is 79.9. The van der Waals surface area contributed by atoms with Gasteiger partial charge in [-0.1, -0.05) is 28.1 Å². The van der Waals surface area contributed by atoms with Gasteiger partial charge in [-0.15, -0.1) is 0 Å². The van der Waals surface area contributed by atoms with Crippen LogP contribution >= 0.6 is 15.9 Å². The number of carbonyl (C=O) groups excluding carboxylic acids is 2. The van der Waals surface area contributed by atoms with Gasteiger partial charge in [-0.25, -0.2) is 9.59 Å². The van der Waals surface area contributed by atoms with Crippen molar-refractivity contribution in [1.82, 2.24) is 16.0 Å². The number of benzene rings is 1. The molecule has 3 amide bonds. The molecule has 128 valence electrons. The molecule has 0 aliphatic carbocycles. The van der Waals surface area contributed by atoms with E-state index in [2.05, 4.69) is 31.9 Å². The fraction of sp³-hybridized carbons (Fsp3) is 0.500. The van der Waals surface area contributed by atoms with Crippen LogP contribution in [-0.2, 0) is 11.2 Å². The minimum absolute atomic E-state index is 0.258. The number of urea groups is 1. The highest BCUT2D eigenvalue weighted by Crippen LogP contribution is 2.11. The quantitative estimate of drug-likeness (QED) is 0.658. The average Bonchev–Trinajstić information content (AvgIpc) is 2.42. The monoisotopic (exact) mass is 385 g/mol. The molecule has 0 aliphatic rings. The number of hydrogen-bond acceptors (Lipinski definition) is 3. The molecule has 0 fully saturated rings. The van der Waals surface area contributed by atoms with Crippen molar-refractivity contribution in [2.24, 2.45) is 0 Å². The molecule has 23 heavy (non-hydrogen) atoms. The summed E-state index contributed by atoms with van der Waals surface area (Å²) in [6.07, 6.45) is 0.262. The summed E-state index contributed by atoms with van der Waals surface area (Å²) in [5.41, 5.74) is 0.618. The van der Waals surface area contributed by atoms with Gasteiger partial charge < -0.3 is 20.7 Å². The van der Waals surface area contributed by atoms with Crippen molar-refractivity contribution in [2.75, 3.05) is 19.6 Å². The minimum atomic E-state index is -0.526. The van der Waals surface area contributed by atoms with Crippen LogP contribution in [0, 0.1) is 0 Å². The molecule has 1 aromatic carbocycles. The predicted octanol–water partition coefficient (Wildman–Crippen LogP) is 2.82. The number of amides is 3. The summed E-state index contributed by atoms with van der Waals surface area (Å²) in [7, 11) is 0. The molecular weight excluding hydrogens is 362 g/mol. The molecule has 0 unspecified atom stereocenters. The molecule has 0 bridgehead atoms. The van der Waals surface area contributed by atoms with Crippen LogP contribution in [0.4, 0.5) is 9.59 Å². The Morgan fingerprint density at radius 1 is 1.09 bits per heavy atom. The summed E-state index contributed by atoms with van der Waals surface area (Å²) >= 11 is 3.41. The molecular formula is C16H24BrN3O3. The van der Waals surface area contributed by atoms with E-state index >= 15 is 0 Å². The predicted molar refractivity (Wildman–Crippen MR) is 93.5 cm³/mol. The number of rotatable bonds is 6. The molecule has 0 spiro atoms. The lowest BCUT2D eigenvalue weighted by Crippen LogP contribution is -2.41. The van der Waals surface area contributed by atoms with E-state index in [0.29, 0.717) is 19.6 Å². The maximum Gasteiger partial charge on any atom is 0.407 e. The second-order valence-corrected chi connectivity index (χ2v) is 6.91. The third-order valence-electron chi connectivity index (χ3n) is 2.67. The Kier molecular flexibility index (Phi) is 7.88. The zero-order chi connectivity index (χ0) is 17.3. The minimum Gasteiger partial charge on any atom is -0.444 e. The largest absolute Gasteiger partial charge is 0.444 e. The summed E-state index contributed by atoms with van der Waals surface area (Å²) < 4.78 is 6.11. The van der Waals surface area contributed by atoms with E-state index in [9.17, 15) is 9.59 Å². The smallest absolute Gasteiger partial charge is 0.407 e. The van der Waals surface area contributed by atoms with Gasteiger partial charge in [-0.2, -0.15) is 0 Å². The highest BCUT2D eigenvalue weighted by molar-refractivity contribution is 9.10. The third kappa shape index (κ3) is 9.78. The van der Waals surface area contributed by atoms with E-state index in [0.717, 1.165) is 16.5 Å². The van der Waals surface area contributed by atoms with E-state index < -0.39 is 11.7 Å². The average molecular weight is 386 g/mol. The van der Waals surface area contributed by atoms with Crippen molar-refractivity contribution >= 4 is 28.1 Å². The first-order valence-electron chi connectivity index (χ1n) is 7.49. The molecule has 1 rings (SSSR count). The molecule has 0 saturated carbocycles. The van der Waals surface area contributed by atoms with Crippen molar-refractivity contribution in [3.63, 3.8) is 0 Å². The van der Waals surface area contributed by atoms with Gasteiger partial charge in [0.1, 0.15) is 5.60 Å². The Hall–Kier alpha value is -1.76. The molecule has 0 heterocycles. The molecule has 0 radical (unpaired) electrons. The molecule has 3 N–H and O–H groups in total. The number of nitrogens with one attached hydrogen (secondary N) is 3. The number of carbonyl (C=O) groups is 2. The summed E-state index contributed by atoms with van der Waals surface area (Å²) in [5.74, 6) is 0. The Morgan fingerprint density at radius 2 is 1.74 bits per heavy atom. The molecule has 0 atom stereocenters. The summed E-state index contributed by atoms with van der Waals surface area (Å²) in [6.45, 7) is 6.58. The highest BCUT2D eigenvalue weighted by Gasteiger charge is 2.15. The van der Waals surface area contributed by atoms with Crippen LogP contribution in [0.1, 0.15) is 26.3 Å². The zero-order valence-electron chi connectivity index (χ0n) is 13.7. The van der Waals surface area contributed by atoms with Crippen molar-refractivity contribution in [3.8, 4) is 0 Å². The summed E-state index contributed by atoms with van der Waals surface area (Å²) in [6, 6.07) is 7.69. The lowest BCUT2D eigenvalue weighted by molar-refractivity contribution is 0.0528. The second kappa shape index (κ2) is 9.39. The van der Waals surface area contributed by atoms with Crippen LogP contribution in [0.3, 0.4) is 0 Å². The number of ether oxygens (including phenoxy) is 1. The molecule has 0 aliphatic heterocycles. The van der Waals surface area contributed by atoms with Crippen molar-refractivity contribution in [2.45, 2.75) is 32.8 Å². The van der Waals surface area contributed by atoms with Gasteiger partial charge in [0.15, 0.2) is 0 Å². The van der Waals surface area contributed by atoms with E-state index in [1.807, 2.05) is 24.3 Å². The molecule has 6 nitrogen and oxygen atoms in total. The van der Waals surface area contributed by atoms with Gasteiger partial charge >= 0.3 is 12.1 Å². The van der Waals surface area contributed by atoms with Gasteiger partial charge in [-0.05, 0) is 44.9 Å². The Morgan fingerprint density at radius 3 is 2.39 bits per heavy atom. The Bertz CT molecular complexity index is 530. The standard InChI is InChI=1S/C16H24BrN3O3/c1-16(2,3)23-15(22)20-10-9-19-14(21)18-8-7-12-5-4-6-13(17)11-12/h4-6,11H,7-10H2,1-3H3,(H,20,22)(H2,18,19,21). The Labute approximate surface area is 145 Å². The number of hydrogen-bond donors (Lipinski definition) is 3. The summed E-state index contributed by atoms with van der Waals surface area (Å²) in [5, 5.41) is 8.01. The second-order valence-electron chi connectivity index (χ2n) is 5.99. The Balaban J connectivity index is 2.10. The van der Waals surface area contributed by atoms with E-state index in [4.69, 9.17) is 4.74 Å². The van der Waals surface area contributed by atoms with E-state index in [1.165, 1.54) is 0 Å². The molecule has 0 aromatic heterocycles. The van der Waals surface area contributed by atoms with Crippen LogP contribution in [0.2, 0.25) is 0 Å². The molecule has 1 aromatic rings. The maximum absolute atomic E-state index is 11.6. The van der Waals surface area contributed by atoms with Gasteiger partial charge in [0.05, 0.1) is 0 Å². The molecule has 7 heteroatoms. The first kappa shape index (κ1) is 19.3. The van der Waals surface area contributed by atoms with Gasteiger partial charge in [-0.3, -0.25) is 0 Å². The topological polar surface area (TPSA) is 79.5 Å². The molecule has 0 saturated heterocycles. The van der Waals surface area contributed by atoms with Crippen molar-refractivity contribution in [1.29, 1.82) is 0 Å². The van der Waals surface area contributed by atoms with Crippen LogP contribution in [0.5, 0.6) is 0 Å². The third-order valence-corrected chi connectivity index (χ3v) is 3.16.